The minimum absolute atomic E-state index is 0.257. The van der Waals surface area contributed by atoms with Crippen LogP contribution in [-0.2, 0) is 11.3 Å². The van der Waals surface area contributed by atoms with Crippen molar-refractivity contribution in [3.05, 3.63) is 23.8 Å². The first kappa shape index (κ1) is 17.7. The third kappa shape index (κ3) is 4.50. The standard InChI is InChI=1S/C21H30N2O3/c24-21(11-15-4-2-1-3-5-15)23-18-12-17(13-18)22-14-16-6-7-19-20(10-16)26-9-8-25-19/h6-7,10,15,17-18,22H,1-5,8-9,11-14H2,(H,23,24). The van der Waals surface area contributed by atoms with Crippen LogP contribution >= 0.6 is 0 Å². The molecule has 0 radical (unpaired) electrons. The van der Waals surface area contributed by atoms with Gasteiger partial charge in [0.2, 0.25) is 5.91 Å². The monoisotopic (exact) mass is 358 g/mol. The number of fused-ring (bicyclic) bond motifs is 1. The van der Waals surface area contributed by atoms with E-state index in [2.05, 4.69) is 22.8 Å². The summed E-state index contributed by atoms with van der Waals surface area (Å²) >= 11 is 0. The molecule has 2 fully saturated rings. The van der Waals surface area contributed by atoms with Gasteiger partial charge >= 0.3 is 0 Å². The molecule has 1 aliphatic heterocycles. The number of ether oxygens (including phenoxy) is 2. The molecule has 0 bridgehead atoms. The van der Waals surface area contributed by atoms with Crippen molar-refractivity contribution in [2.24, 2.45) is 5.92 Å². The first-order valence-electron chi connectivity index (χ1n) is 10.2. The van der Waals surface area contributed by atoms with Crippen LogP contribution in [-0.4, -0.2) is 31.2 Å². The zero-order valence-corrected chi connectivity index (χ0v) is 15.5. The van der Waals surface area contributed by atoms with Gasteiger partial charge in [0.1, 0.15) is 13.2 Å². The number of hydrogen-bond donors (Lipinski definition) is 2. The minimum Gasteiger partial charge on any atom is -0.486 e. The third-order valence-corrected chi connectivity index (χ3v) is 5.90. The van der Waals surface area contributed by atoms with E-state index in [1.807, 2.05) is 6.07 Å². The fourth-order valence-electron chi connectivity index (χ4n) is 4.30. The number of carbonyl (C=O) groups excluding carboxylic acids is 1. The molecule has 1 heterocycles. The summed E-state index contributed by atoms with van der Waals surface area (Å²) in [5.41, 5.74) is 1.21. The van der Waals surface area contributed by atoms with Crippen LogP contribution in [0.1, 0.15) is 56.9 Å². The molecule has 2 N–H and O–H groups in total. The summed E-state index contributed by atoms with van der Waals surface area (Å²) < 4.78 is 11.2. The molecule has 2 aliphatic carbocycles. The molecule has 1 aromatic rings. The molecule has 0 aromatic heterocycles. The summed E-state index contributed by atoms with van der Waals surface area (Å²) in [4.78, 5) is 12.2. The third-order valence-electron chi connectivity index (χ3n) is 5.90. The van der Waals surface area contributed by atoms with Crippen molar-refractivity contribution in [1.29, 1.82) is 0 Å². The lowest BCUT2D eigenvalue weighted by Crippen LogP contribution is -2.52. The van der Waals surface area contributed by atoms with Crippen LogP contribution in [0.15, 0.2) is 18.2 Å². The fourth-order valence-corrected chi connectivity index (χ4v) is 4.30. The second-order valence-electron chi connectivity index (χ2n) is 8.00. The molecule has 0 atom stereocenters. The van der Waals surface area contributed by atoms with Crippen LogP contribution in [0.5, 0.6) is 11.5 Å². The van der Waals surface area contributed by atoms with Crippen LogP contribution in [0.2, 0.25) is 0 Å². The van der Waals surface area contributed by atoms with E-state index in [0.29, 0.717) is 31.2 Å². The normalized spacial score (nSPS) is 25.4. The summed E-state index contributed by atoms with van der Waals surface area (Å²) in [5, 5.41) is 6.80. The van der Waals surface area contributed by atoms with Crippen LogP contribution in [0, 0.1) is 5.92 Å². The average molecular weight is 358 g/mol. The van der Waals surface area contributed by atoms with Gasteiger partial charge in [-0.15, -0.1) is 0 Å². The molecule has 3 aliphatic rings. The van der Waals surface area contributed by atoms with Crippen molar-refractivity contribution in [3.8, 4) is 11.5 Å². The van der Waals surface area contributed by atoms with E-state index in [9.17, 15) is 4.79 Å². The number of amides is 1. The van der Waals surface area contributed by atoms with Gasteiger partial charge in [0.25, 0.3) is 0 Å². The largest absolute Gasteiger partial charge is 0.486 e. The van der Waals surface area contributed by atoms with Gasteiger partial charge in [0, 0.05) is 25.0 Å². The lowest BCUT2D eigenvalue weighted by Gasteiger charge is -2.37. The zero-order valence-electron chi connectivity index (χ0n) is 15.5. The Morgan fingerprint density at radius 3 is 2.58 bits per heavy atom. The average Bonchev–Trinajstić information content (AvgIpc) is 2.64. The SMILES string of the molecule is O=C(CC1CCCCC1)NC1CC(NCc2ccc3c(c2)OCCO3)C1. The zero-order chi connectivity index (χ0) is 17.8. The van der Waals surface area contributed by atoms with Gasteiger partial charge in [0.15, 0.2) is 11.5 Å². The summed E-state index contributed by atoms with van der Waals surface area (Å²) in [7, 11) is 0. The van der Waals surface area contributed by atoms with Gasteiger partial charge < -0.3 is 20.1 Å². The smallest absolute Gasteiger partial charge is 0.220 e. The van der Waals surface area contributed by atoms with Crippen molar-refractivity contribution in [2.45, 2.75) is 70.0 Å². The van der Waals surface area contributed by atoms with Crippen LogP contribution in [0.4, 0.5) is 0 Å². The Hall–Kier alpha value is -1.75. The van der Waals surface area contributed by atoms with Gasteiger partial charge in [-0.3, -0.25) is 4.79 Å². The highest BCUT2D eigenvalue weighted by Crippen LogP contribution is 2.31. The van der Waals surface area contributed by atoms with E-state index in [4.69, 9.17) is 9.47 Å². The first-order chi connectivity index (χ1) is 12.8. The molecular formula is C21H30N2O3. The van der Waals surface area contributed by atoms with Crippen molar-refractivity contribution in [3.63, 3.8) is 0 Å². The Morgan fingerprint density at radius 1 is 1.00 bits per heavy atom. The molecule has 0 unspecified atom stereocenters. The minimum atomic E-state index is 0.257. The van der Waals surface area contributed by atoms with Gasteiger partial charge in [0.05, 0.1) is 0 Å². The molecule has 0 saturated heterocycles. The molecule has 142 valence electrons. The van der Waals surface area contributed by atoms with E-state index in [1.54, 1.807) is 0 Å². The van der Waals surface area contributed by atoms with Gasteiger partial charge in [-0.2, -0.15) is 0 Å². The second kappa shape index (κ2) is 8.30. The predicted octanol–water partition coefficient (Wildman–Crippen LogP) is 3.17. The Kier molecular flexibility index (Phi) is 5.63. The number of rotatable bonds is 6. The molecule has 4 rings (SSSR count). The summed E-state index contributed by atoms with van der Waals surface area (Å²) in [6.45, 7) is 2.07. The van der Waals surface area contributed by atoms with Crippen molar-refractivity contribution < 1.29 is 14.3 Å². The van der Waals surface area contributed by atoms with Gasteiger partial charge in [-0.1, -0.05) is 25.3 Å². The van der Waals surface area contributed by atoms with Crippen molar-refractivity contribution >= 4 is 5.91 Å². The van der Waals surface area contributed by atoms with Crippen molar-refractivity contribution in [2.75, 3.05) is 13.2 Å². The maximum atomic E-state index is 12.2. The fraction of sp³-hybridized carbons (Fsp3) is 0.667. The first-order valence-corrected chi connectivity index (χ1v) is 10.2. The highest BCUT2D eigenvalue weighted by Gasteiger charge is 2.30. The Balaban J connectivity index is 1.14. The van der Waals surface area contributed by atoms with E-state index in [1.165, 1.54) is 37.7 Å². The molecule has 5 heteroatoms. The van der Waals surface area contributed by atoms with Crippen LogP contribution in [0.3, 0.4) is 0 Å². The number of carbonyl (C=O) groups is 1. The van der Waals surface area contributed by atoms with Crippen molar-refractivity contribution in [1.82, 2.24) is 10.6 Å². The van der Waals surface area contributed by atoms with E-state index in [-0.39, 0.29) is 5.91 Å². The van der Waals surface area contributed by atoms with Gasteiger partial charge in [-0.05, 0) is 49.3 Å². The maximum Gasteiger partial charge on any atom is 0.220 e. The quantitative estimate of drug-likeness (QED) is 0.820. The molecule has 1 aromatic carbocycles. The van der Waals surface area contributed by atoms with E-state index >= 15 is 0 Å². The lowest BCUT2D eigenvalue weighted by molar-refractivity contribution is -0.123. The van der Waals surface area contributed by atoms with Crippen LogP contribution < -0.4 is 20.1 Å². The summed E-state index contributed by atoms with van der Waals surface area (Å²) in [6.07, 6.45) is 9.20. The lowest BCUT2D eigenvalue weighted by atomic mass is 9.84. The number of nitrogens with one attached hydrogen (secondary N) is 2. The van der Waals surface area contributed by atoms with Gasteiger partial charge in [-0.25, -0.2) is 0 Å². The molecular weight excluding hydrogens is 328 g/mol. The molecule has 0 spiro atoms. The number of hydrogen-bond acceptors (Lipinski definition) is 4. The highest BCUT2D eigenvalue weighted by atomic mass is 16.6. The predicted molar refractivity (Wildman–Crippen MR) is 100 cm³/mol. The number of benzene rings is 1. The van der Waals surface area contributed by atoms with E-state index in [0.717, 1.165) is 37.3 Å². The Bertz CT molecular complexity index is 622. The molecule has 2 saturated carbocycles. The summed E-state index contributed by atoms with van der Waals surface area (Å²) in [6, 6.07) is 6.97. The van der Waals surface area contributed by atoms with E-state index < -0.39 is 0 Å². The summed E-state index contributed by atoms with van der Waals surface area (Å²) in [5.74, 6) is 2.56. The Morgan fingerprint density at radius 2 is 1.77 bits per heavy atom. The molecule has 5 nitrogen and oxygen atoms in total. The molecule has 1 amide bonds. The topological polar surface area (TPSA) is 59.6 Å². The maximum absolute atomic E-state index is 12.2. The van der Waals surface area contributed by atoms with Crippen LogP contribution in [0.25, 0.3) is 0 Å². The Labute approximate surface area is 155 Å². The molecule has 26 heavy (non-hydrogen) atoms. The highest BCUT2D eigenvalue weighted by molar-refractivity contribution is 5.76. The second-order valence-corrected chi connectivity index (χ2v) is 8.00.